The minimum Gasteiger partial charge on any atom is -0.373 e. The number of halogens is 1. The number of rotatable bonds is 3. The number of hydrogen-bond acceptors (Lipinski definition) is 4. The average Bonchev–Trinajstić information content (AvgIpc) is 2.86. The van der Waals surface area contributed by atoms with Gasteiger partial charge in [-0.05, 0) is 19.8 Å². The molecule has 1 aromatic carbocycles. The van der Waals surface area contributed by atoms with Crippen LogP contribution in [0.1, 0.15) is 19.8 Å². The van der Waals surface area contributed by atoms with Crippen molar-refractivity contribution in [3.63, 3.8) is 0 Å². The van der Waals surface area contributed by atoms with Crippen LogP contribution in [0, 0.1) is 0 Å². The molecule has 0 bridgehead atoms. The minimum absolute atomic E-state index is 0.109. The fourth-order valence-corrected chi connectivity index (χ4v) is 2.65. The molecule has 4 nitrogen and oxygen atoms in total. The highest BCUT2D eigenvalue weighted by molar-refractivity contribution is 6.34. The quantitative estimate of drug-likeness (QED) is 0.935. The van der Waals surface area contributed by atoms with Gasteiger partial charge in [-0.15, -0.1) is 10.2 Å². The van der Waals surface area contributed by atoms with Crippen molar-refractivity contribution in [2.45, 2.75) is 25.4 Å². The Morgan fingerprint density at radius 3 is 2.84 bits per heavy atom. The molecule has 1 N–H and O–H groups in total. The van der Waals surface area contributed by atoms with Crippen LogP contribution in [-0.2, 0) is 4.74 Å². The van der Waals surface area contributed by atoms with Crippen molar-refractivity contribution in [1.29, 1.82) is 0 Å². The van der Waals surface area contributed by atoms with Crippen LogP contribution in [0.3, 0.4) is 0 Å². The van der Waals surface area contributed by atoms with Gasteiger partial charge in [-0.3, -0.25) is 0 Å². The Morgan fingerprint density at radius 1 is 1.32 bits per heavy atom. The highest BCUT2D eigenvalue weighted by Crippen LogP contribution is 2.28. The molecule has 0 spiro atoms. The molecule has 100 valence electrons. The molecule has 0 aliphatic carbocycles. The lowest BCUT2D eigenvalue weighted by molar-refractivity contribution is 0.0315. The first-order chi connectivity index (χ1) is 9.18. The summed E-state index contributed by atoms with van der Waals surface area (Å²) >= 11 is 6.06. The molecule has 1 saturated heterocycles. The smallest absolute Gasteiger partial charge is 0.159 e. The van der Waals surface area contributed by atoms with E-state index in [1.807, 2.05) is 24.3 Å². The van der Waals surface area contributed by atoms with E-state index in [4.69, 9.17) is 16.3 Å². The summed E-state index contributed by atoms with van der Waals surface area (Å²) in [5, 5.41) is 13.8. The van der Waals surface area contributed by atoms with E-state index in [1.54, 1.807) is 0 Å². The maximum Gasteiger partial charge on any atom is 0.159 e. The van der Waals surface area contributed by atoms with Crippen LogP contribution in [-0.4, -0.2) is 29.0 Å². The molecule has 1 fully saturated rings. The lowest BCUT2D eigenvalue weighted by atomic mass is 10.0. The van der Waals surface area contributed by atoms with Gasteiger partial charge >= 0.3 is 0 Å². The fourth-order valence-electron chi connectivity index (χ4n) is 2.45. The summed E-state index contributed by atoms with van der Waals surface area (Å²) in [6.07, 6.45) is 2.18. The number of nitrogens with zero attached hydrogens (tertiary/aromatic N) is 2. The summed E-state index contributed by atoms with van der Waals surface area (Å²) in [5.41, 5.74) is -0.109. The van der Waals surface area contributed by atoms with Crippen LogP contribution in [0.5, 0.6) is 0 Å². The largest absolute Gasteiger partial charge is 0.373 e. The van der Waals surface area contributed by atoms with E-state index in [-0.39, 0.29) is 5.60 Å². The number of fused-ring (bicyclic) bond motifs is 1. The molecule has 5 heteroatoms. The fraction of sp³-hybridized carbons (Fsp3) is 0.429. The molecule has 0 radical (unpaired) electrons. The zero-order chi connectivity index (χ0) is 13.3. The molecule has 0 saturated carbocycles. The number of anilines is 1. The van der Waals surface area contributed by atoms with Crippen molar-refractivity contribution < 1.29 is 4.74 Å². The molecule has 1 aromatic heterocycles. The number of ether oxygens (including phenoxy) is 1. The van der Waals surface area contributed by atoms with Crippen molar-refractivity contribution in [3.8, 4) is 0 Å². The predicted octanol–water partition coefficient (Wildman–Crippen LogP) is 3.26. The summed E-state index contributed by atoms with van der Waals surface area (Å²) < 4.78 is 5.76. The van der Waals surface area contributed by atoms with Gasteiger partial charge in [0.1, 0.15) is 0 Å². The van der Waals surface area contributed by atoms with E-state index in [9.17, 15) is 0 Å². The molecular weight excluding hydrogens is 262 g/mol. The van der Waals surface area contributed by atoms with Gasteiger partial charge in [-0.1, -0.05) is 35.9 Å². The van der Waals surface area contributed by atoms with Crippen LogP contribution >= 0.6 is 11.6 Å². The van der Waals surface area contributed by atoms with Crippen molar-refractivity contribution in [2.75, 3.05) is 18.5 Å². The summed E-state index contributed by atoms with van der Waals surface area (Å²) in [4.78, 5) is 0. The maximum absolute atomic E-state index is 6.06. The van der Waals surface area contributed by atoms with Gasteiger partial charge in [0.05, 0.1) is 5.60 Å². The Morgan fingerprint density at radius 2 is 2.11 bits per heavy atom. The first kappa shape index (κ1) is 12.6. The van der Waals surface area contributed by atoms with E-state index in [0.29, 0.717) is 5.15 Å². The third-order valence-corrected chi connectivity index (χ3v) is 3.85. The van der Waals surface area contributed by atoms with Crippen LogP contribution < -0.4 is 5.32 Å². The molecule has 0 amide bonds. The second-order valence-corrected chi connectivity index (χ2v) is 5.50. The van der Waals surface area contributed by atoms with Crippen molar-refractivity contribution >= 4 is 28.2 Å². The molecule has 1 atom stereocenters. The lowest BCUT2D eigenvalue weighted by Gasteiger charge is -2.23. The number of aromatic nitrogens is 2. The van der Waals surface area contributed by atoms with Crippen LogP contribution in [0.25, 0.3) is 10.8 Å². The van der Waals surface area contributed by atoms with Gasteiger partial charge in [0.2, 0.25) is 0 Å². The highest BCUT2D eigenvalue weighted by atomic mass is 35.5. The molecule has 3 rings (SSSR count). The van der Waals surface area contributed by atoms with Gasteiger partial charge < -0.3 is 10.1 Å². The minimum atomic E-state index is -0.109. The summed E-state index contributed by atoms with van der Waals surface area (Å²) in [6, 6.07) is 7.86. The first-order valence-corrected chi connectivity index (χ1v) is 6.84. The molecular formula is C14H16ClN3O. The zero-order valence-electron chi connectivity index (χ0n) is 10.8. The monoisotopic (exact) mass is 277 g/mol. The Balaban J connectivity index is 1.87. The number of nitrogens with one attached hydrogen (secondary N) is 1. The standard InChI is InChI=1S/C14H16ClN3O/c1-14(7-4-8-19-14)9-16-13-11-6-3-2-5-10(11)12(15)17-18-13/h2-3,5-6H,4,7-9H2,1H3,(H,16,18). The third kappa shape index (κ3) is 2.51. The zero-order valence-corrected chi connectivity index (χ0v) is 11.6. The third-order valence-electron chi connectivity index (χ3n) is 3.57. The van der Waals surface area contributed by atoms with E-state index >= 15 is 0 Å². The predicted molar refractivity (Wildman–Crippen MR) is 76.6 cm³/mol. The number of benzene rings is 1. The van der Waals surface area contributed by atoms with Crippen molar-refractivity contribution in [1.82, 2.24) is 10.2 Å². The van der Waals surface area contributed by atoms with Gasteiger partial charge in [0.15, 0.2) is 11.0 Å². The molecule has 2 aromatic rings. The molecule has 2 heterocycles. The Kier molecular flexibility index (Phi) is 3.29. The summed E-state index contributed by atoms with van der Waals surface area (Å²) in [6.45, 7) is 3.69. The first-order valence-electron chi connectivity index (χ1n) is 6.47. The molecule has 1 aliphatic rings. The van der Waals surface area contributed by atoms with Gasteiger partial charge in [0, 0.05) is 23.9 Å². The van der Waals surface area contributed by atoms with Gasteiger partial charge in [-0.2, -0.15) is 0 Å². The topological polar surface area (TPSA) is 47.0 Å². The Labute approximate surface area is 117 Å². The second-order valence-electron chi connectivity index (χ2n) is 5.14. The maximum atomic E-state index is 6.06. The van der Waals surface area contributed by atoms with E-state index < -0.39 is 0 Å². The molecule has 1 aliphatic heterocycles. The second kappa shape index (κ2) is 4.94. The average molecular weight is 278 g/mol. The van der Waals surface area contributed by atoms with Crippen molar-refractivity contribution in [3.05, 3.63) is 29.4 Å². The summed E-state index contributed by atoms with van der Waals surface area (Å²) in [7, 11) is 0. The lowest BCUT2D eigenvalue weighted by Crippen LogP contribution is -2.32. The van der Waals surface area contributed by atoms with Crippen molar-refractivity contribution in [2.24, 2.45) is 0 Å². The van der Waals surface area contributed by atoms with Crippen LogP contribution in [0.4, 0.5) is 5.82 Å². The van der Waals surface area contributed by atoms with Crippen LogP contribution in [0.15, 0.2) is 24.3 Å². The van der Waals surface area contributed by atoms with Crippen LogP contribution in [0.2, 0.25) is 5.15 Å². The highest BCUT2D eigenvalue weighted by Gasteiger charge is 2.29. The van der Waals surface area contributed by atoms with E-state index in [0.717, 1.165) is 42.6 Å². The Bertz CT molecular complexity index is 596. The van der Waals surface area contributed by atoms with E-state index in [2.05, 4.69) is 22.4 Å². The molecule has 19 heavy (non-hydrogen) atoms. The van der Waals surface area contributed by atoms with E-state index in [1.165, 1.54) is 0 Å². The van der Waals surface area contributed by atoms with Gasteiger partial charge in [-0.25, -0.2) is 0 Å². The normalized spacial score (nSPS) is 22.8. The number of hydrogen-bond donors (Lipinski definition) is 1. The molecule has 1 unspecified atom stereocenters. The SMILES string of the molecule is CC1(CNc2nnc(Cl)c3ccccc23)CCCO1. The Hall–Kier alpha value is -1.39. The summed E-state index contributed by atoms with van der Waals surface area (Å²) in [5.74, 6) is 0.761. The van der Waals surface area contributed by atoms with Gasteiger partial charge in [0.25, 0.3) is 0 Å².